The second-order valence-corrected chi connectivity index (χ2v) is 5.03. The summed E-state index contributed by atoms with van der Waals surface area (Å²) in [4.78, 5) is 0. The van der Waals surface area contributed by atoms with Crippen molar-refractivity contribution in [3.8, 4) is 0 Å². The maximum absolute atomic E-state index is 10.4. The van der Waals surface area contributed by atoms with Gasteiger partial charge in [-0.1, -0.05) is 38.1 Å². The molecular weight excluding hydrogens is 224 g/mol. The van der Waals surface area contributed by atoms with Gasteiger partial charge in [-0.25, -0.2) is 0 Å². The van der Waals surface area contributed by atoms with Crippen LogP contribution in [-0.4, -0.2) is 14.9 Å². The molecule has 96 valence electrons. The van der Waals surface area contributed by atoms with Crippen LogP contribution >= 0.6 is 0 Å². The maximum atomic E-state index is 10.4. The SMILES string of the molecule is Cc1c(C(O)c2ccc(C(C)C)cc2)cnn1C. The van der Waals surface area contributed by atoms with Crippen molar-refractivity contribution < 1.29 is 5.11 Å². The number of aliphatic hydroxyl groups is 1. The van der Waals surface area contributed by atoms with E-state index in [-0.39, 0.29) is 0 Å². The van der Waals surface area contributed by atoms with E-state index in [1.165, 1.54) is 5.56 Å². The molecule has 0 aliphatic heterocycles. The van der Waals surface area contributed by atoms with Gasteiger partial charge >= 0.3 is 0 Å². The minimum absolute atomic E-state index is 0.510. The molecule has 0 saturated heterocycles. The summed E-state index contributed by atoms with van der Waals surface area (Å²) < 4.78 is 1.78. The topological polar surface area (TPSA) is 38.1 Å². The van der Waals surface area contributed by atoms with Crippen LogP contribution in [0.3, 0.4) is 0 Å². The summed E-state index contributed by atoms with van der Waals surface area (Å²) in [6, 6.07) is 8.14. The van der Waals surface area contributed by atoms with Gasteiger partial charge in [-0.2, -0.15) is 5.10 Å². The monoisotopic (exact) mass is 244 g/mol. The van der Waals surface area contributed by atoms with E-state index in [1.807, 2.05) is 26.1 Å². The van der Waals surface area contributed by atoms with E-state index in [4.69, 9.17) is 0 Å². The lowest BCUT2D eigenvalue weighted by Gasteiger charge is -2.12. The van der Waals surface area contributed by atoms with Crippen LogP contribution in [0, 0.1) is 6.92 Å². The van der Waals surface area contributed by atoms with E-state index in [0.717, 1.165) is 16.8 Å². The van der Waals surface area contributed by atoms with Crippen LogP contribution in [-0.2, 0) is 7.05 Å². The highest BCUT2D eigenvalue weighted by Crippen LogP contribution is 2.25. The van der Waals surface area contributed by atoms with Crippen LogP contribution < -0.4 is 0 Å². The predicted octanol–water partition coefficient (Wildman–Crippen LogP) is 2.93. The Kier molecular flexibility index (Phi) is 3.53. The predicted molar refractivity (Wildman–Crippen MR) is 72.5 cm³/mol. The number of rotatable bonds is 3. The average molecular weight is 244 g/mol. The molecule has 1 heterocycles. The lowest BCUT2D eigenvalue weighted by Crippen LogP contribution is -2.02. The fourth-order valence-electron chi connectivity index (χ4n) is 2.03. The smallest absolute Gasteiger partial charge is 0.107 e. The molecule has 1 atom stereocenters. The number of hydrogen-bond donors (Lipinski definition) is 1. The van der Waals surface area contributed by atoms with E-state index in [2.05, 4.69) is 31.1 Å². The zero-order chi connectivity index (χ0) is 13.3. The molecule has 0 saturated carbocycles. The van der Waals surface area contributed by atoms with Crippen molar-refractivity contribution in [2.45, 2.75) is 32.8 Å². The third kappa shape index (κ3) is 2.31. The first-order chi connectivity index (χ1) is 8.50. The Bertz CT molecular complexity index is 526. The minimum atomic E-state index is -0.597. The molecule has 18 heavy (non-hydrogen) atoms. The van der Waals surface area contributed by atoms with E-state index in [1.54, 1.807) is 10.9 Å². The Morgan fingerprint density at radius 1 is 1.11 bits per heavy atom. The van der Waals surface area contributed by atoms with Gasteiger partial charge in [-0.3, -0.25) is 4.68 Å². The van der Waals surface area contributed by atoms with Gasteiger partial charge in [0.05, 0.1) is 6.20 Å². The van der Waals surface area contributed by atoms with Crippen molar-refractivity contribution in [1.82, 2.24) is 9.78 Å². The van der Waals surface area contributed by atoms with Crippen molar-refractivity contribution in [3.63, 3.8) is 0 Å². The molecule has 0 spiro atoms. The maximum Gasteiger partial charge on any atom is 0.107 e. The fourth-order valence-corrected chi connectivity index (χ4v) is 2.03. The lowest BCUT2D eigenvalue weighted by atomic mass is 9.97. The standard InChI is InChI=1S/C15H20N2O/c1-10(2)12-5-7-13(8-6-12)15(18)14-9-16-17(4)11(14)3/h5-10,15,18H,1-4H3. The molecule has 1 aromatic heterocycles. The summed E-state index contributed by atoms with van der Waals surface area (Å²) in [7, 11) is 1.88. The number of aromatic nitrogens is 2. The summed E-state index contributed by atoms with van der Waals surface area (Å²) in [6.45, 7) is 6.29. The third-order valence-electron chi connectivity index (χ3n) is 3.49. The Hall–Kier alpha value is -1.61. The highest BCUT2D eigenvalue weighted by Gasteiger charge is 2.15. The zero-order valence-electron chi connectivity index (χ0n) is 11.4. The Morgan fingerprint density at radius 2 is 1.67 bits per heavy atom. The lowest BCUT2D eigenvalue weighted by molar-refractivity contribution is 0.219. The molecule has 0 bridgehead atoms. The summed E-state index contributed by atoms with van der Waals surface area (Å²) in [5.74, 6) is 0.510. The van der Waals surface area contributed by atoms with Crippen molar-refractivity contribution >= 4 is 0 Å². The van der Waals surface area contributed by atoms with Crippen LogP contribution in [0.2, 0.25) is 0 Å². The second kappa shape index (κ2) is 4.94. The van der Waals surface area contributed by atoms with Crippen LogP contribution in [0.15, 0.2) is 30.5 Å². The number of benzene rings is 1. The van der Waals surface area contributed by atoms with Gasteiger partial charge in [0.2, 0.25) is 0 Å². The first kappa shape index (κ1) is 12.8. The van der Waals surface area contributed by atoms with Gasteiger partial charge in [-0.15, -0.1) is 0 Å². The largest absolute Gasteiger partial charge is 0.384 e. The summed E-state index contributed by atoms with van der Waals surface area (Å²) in [6.07, 6.45) is 1.14. The van der Waals surface area contributed by atoms with Crippen molar-refractivity contribution in [2.24, 2.45) is 7.05 Å². The Balaban J connectivity index is 2.29. The minimum Gasteiger partial charge on any atom is -0.384 e. The quantitative estimate of drug-likeness (QED) is 0.901. The first-order valence-corrected chi connectivity index (χ1v) is 6.27. The molecule has 2 aromatic rings. The molecule has 0 fully saturated rings. The van der Waals surface area contributed by atoms with Crippen LogP contribution in [0.5, 0.6) is 0 Å². The molecule has 3 nitrogen and oxygen atoms in total. The number of aliphatic hydroxyl groups excluding tert-OH is 1. The highest BCUT2D eigenvalue weighted by atomic mass is 16.3. The number of aryl methyl sites for hydroxylation is 1. The van der Waals surface area contributed by atoms with Crippen LogP contribution in [0.4, 0.5) is 0 Å². The van der Waals surface area contributed by atoms with Gasteiger partial charge in [0.15, 0.2) is 0 Å². The van der Waals surface area contributed by atoms with E-state index >= 15 is 0 Å². The molecule has 0 amide bonds. The highest BCUT2D eigenvalue weighted by molar-refractivity contribution is 5.33. The van der Waals surface area contributed by atoms with Crippen LogP contribution in [0.1, 0.15) is 48.3 Å². The Morgan fingerprint density at radius 3 is 2.11 bits per heavy atom. The third-order valence-corrected chi connectivity index (χ3v) is 3.49. The fraction of sp³-hybridized carbons (Fsp3) is 0.400. The van der Waals surface area contributed by atoms with Gasteiger partial charge in [0.1, 0.15) is 6.10 Å². The van der Waals surface area contributed by atoms with Gasteiger partial charge in [-0.05, 0) is 24.0 Å². The molecule has 1 N–H and O–H groups in total. The van der Waals surface area contributed by atoms with Crippen molar-refractivity contribution in [1.29, 1.82) is 0 Å². The van der Waals surface area contributed by atoms with Crippen LogP contribution in [0.25, 0.3) is 0 Å². The average Bonchev–Trinajstić information content (AvgIpc) is 2.69. The molecule has 0 aliphatic carbocycles. The van der Waals surface area contributed by atoms with Gasteiger partial charge in [0, 0.05) is 18.3 Å². The van der Waals surface area contributed by atoms with Gasteiger partial charge < -0.3 is 5.11 Å². The van der Waals surface area contributed by atoms with Gasteiger partial charge in [0.25, 0.3) is 0 Å². The second-order valence-electron chi connectivity index (χ2n) is 5.03. The number of nitrogens with zero attached hydrogens (tertiary/aromatic N) is 2. The number of hydrogen-bond acceptors (Lipinski definition) is 2. The summed E-state index contributed by atoms with van der Waals surface area (Å²) in [5.41, 5.74) is 4.06. The van der Waals surface area contributed by atoms with Crippen molar-refractivity contribution in [2.75, 3.05) is 0 Å². The first-order valence-electron chi connectivity index (χ1n) is 6.27. The summed E-state index contributed by atoms with van der Waals surface area (Å²) >= 11 is 0. The van der Waals surface area contributed by atoms with E-state index < -0.39 is 6.10 Å². The molecule has 0 aliphatic rings. The Labute approximate surface area is 108 Å². The van der Waals surface area contributed by atoms with E-state index in [0.29, 0.717) is 5.92 Å². The van der Waals surface area contributed by atoms with E-state index in [9.17, 15) is 5.11 Å². The molecular formula is C15H20N2O. The normalized spacial score (nSPS) is 13.0. The van der Waals surface area contributed by atoms with Crippen molar-refractivity contribution in [3.05, 3.63) is 52.8 Å². The molecule has 0 radical (unpaired) electrons. The zero-order valence-corrected chi connectivity index (χ0v) is 11.4. The molecule has 1 unspecified atom stereocenters. The summed E-state index contributed by atoms with van der Waals surface area (Å²) in [5, 5.41) is 14.5. The molecule has 2 rings (SSSR count). The molecule has 1 aromatic carbocycles. The molecule has 3 heteroatoms.